The molecule has 2 aromatic carbocycles. The average molecular weight is 402 g/mol. The van der Waals surface area contributed by atoms with Gasteiger partial charge >= 0.3 is 0 Å². The molecule has 2 heterocycles. The average Bonchev–Trinajstić information content (AvgIpc) is 3.43. The number of carbonyl (C=O) groups is 1. The molecule has 0 unspecified atom stereocenters. The number of ether oxygens (including phenoxy) is 1. The second-order valence-electron chi connectivity index (χ2n) is 7.38. The molecule has 0 saturated carbocycles. The van der Waals surface area contributed by atoms with Crippen molar-refractivity contribution in [2.75, 3.05) is 0 Å². The van der Waals surface area contributed by atoms with Gasteiger partial charge in [0.1, 0.15) is 12.4 Å². The number of hydrogen-bond acceptors (Lipinski definition) is 3. The van der Waals surface area contributed by atoms with Crippen molar-refractivity contribution in [3.63, 3.8) is 0 Å². The standard InChI is InChI=1S/C25H26N2O3/c28-25(12-4-8-21-16-26-24-11-2-1-10-23(21)24)27-15-19-6-3-7-20(14-19)17-29-18-22-9-5-13-30-22/h1-3,5-7,9-11,13-14,16,26H,4,8,12,15,17-18H2,(H,27,28). The number of nitrogens with one attached hydrogen (secondary N) is 2. The first kappa shape index (κ1) is 20.0. The number of aryl methyl sites for hydroxylation is 1. The normalized spacial score (nSPS) is 11.1. The summed E-state index contributed by atoms with van der Waals surface area (Å²) in [6, 6.07) is 20.1. The Kier molecular flexibility index (Phi) is 6.62. The van der Waals surface area contributed by atoms with Gasteiger partial charge in [0.05, 0.1) is 12.9 Å². The number of rotatable bonds is 10. The van der Waals surface area contributed by atoms with Gasteiger partial charge in [-0.1, -0.05) is 42.5 Å². The highest BCUT2D eigenvalue weighted by Crippen LogP contribution is 2.19. The number of carbonyl (C=O) groups excluding carboxylic acids is 1. The minimum atomic E-state index is 0.0781. The number of benzene rings is 2. The first-order chi connectivity index (χ1) is 14.8. The third-order valence-electron chi connectivity index (χ3n) is 5.10. The maximum atomic E-state index is 12.2. The highest BCUT2D eigenvalue weighted by Gasteiger charge is 2.06. The molecule has 0 atom stereocenters. The molecule has 2 N–H and O–H groups in total. The molecule has 0 aliphatic rings. The van der Waals surface area contributed by atoms with Crippen molar-refractivity contribution >= 4 is 16.8 Å². The molecule has 154 valence electrons. The van der Waals surface area contributed by atoms with E-state index in [0.29, 0.717) is 26.2 Å². The van der Waals surface area contributed by atoms with E-state index in [9.17, 15) is 4.79 Å². The summed E-state index contributed by atoms with van der Waals surface area (Å²) in [5, 5.41) is 4.26. The van der Waals surface area contributed by atoms with E-state index in [4.69, 9.17) is 9.15 Å². The maximum Gasteiger partial charge on any atom is 0.220 e. The minimum Gasteiger partial charge on any atom is -0.467 e. The molecule has 4 aromatic rings. The minimum absolute atomic E-state index is 0.0781. The van der Waals surface area contributed by atoms with Crippen LogP contribution in [-0.4, -0.2) is 10.9 Å². The Morgan fingerprint density at radius 3 is 2.80 bits per heavy atom. The van der Waals surface area contributed by atoms with Crippen molar-refractivity contribution in [2.24, 2.45) is 0 Å². The van der Waals surface area contributed by atoms with Gasteiger partial charge in [0.15, 0.2) is 0 Å². The quantitative estimate of drug-likeness (QED) is 0.387. The summed E-state index contributed by atoms with van der Waals surface area (Å²) < 4.78 is 10.9. The summed E-state index contributed by atoms with van der Waals surface area (Å²) in [7, 11) is 0. The zero-order chi connectivity index (χ0) is 20.6. The predicted octanol–water partition coefficient (Wildman–Crippen LogP) is 5.12. The molecule has 0 spiro atoms. The van der Waals surface area contributed by atoms with E-state index >= 15 is 0 Å². The molecule has 0 aliphatic carbocycles. The van der Waals surface area contributed by atoms with Crippen molar-refractivity contribution in [2.45, 2.75) is 39.0 Å². The molecule has 0 fully saturated rings. The van der Waals surface area contributed by atoms with Crippen LogP contribution in [0.4, 0.5) is 0 Å². The van der Waals surface area contributed by atoms with E-state index in [2.05, 4.69) is 28.5 Å². The van der Waals surface area contributed by atoms with Gasteiger partial charge in [0.2, 0.25) is 5.91 Å². The molecule has 4 rings (SSSR count). The second kappa shape index (κ2) is 9.94. The Balaban J connectivity index is 1.19. The number of aromatic nitrogens is 1. The van der Waals surface area contributed by atoms with Gasteiger partial charge in [0.25, 0.3) is 0 Å². The number of para-hydroxylation sites is 1. The van der Waals surface area contributed by atoms with Crippen LogP contribution >= 0.6 is 0 Å². The Bertz CT molecular complexity index is 1080. The number of aromatic amines is 1. The van der Waals surface area contributed by atoms with Crippen molar-refractivity contribution in [1.82, 2.24) is 10.3 Å². The summed E-state index contributed by atoms with van der Waals surface area (Å²) in [5.74, 6) is 0.889. The van der Waals surface area contributed by atoms with Crippen LogP contribution in [0, 0.1) is 0 Å². The fraction of sp³-hybridized carbons (Fsp3) is 0.240. The fourth-order valence-corrected chi connectivity index (χ4v) is 3.56. The summed E-state index contributed by atoms with van der Waals surface area (Å²) in [4.78, 5) is 15.5. The van der Waals surface area contributed by atoms with E-state index in [1.807, 2.05) is 48.7 Å². The van der Waals surface area contributed by atoms with Crippen LogP contribution in [0.5, 0.6) is 0 Å². The van der Waals surface area contributed by atoms with Gasteiger partial charge in [0, 0.05) is 30.1 Å². The van der Waals surface area contributed by atoms with Crippen LogP contribution in [0.15, 0.2) is 77.5 Å². The Labute approximate surface area is 176 Å². The monoisotopic (exact) mass is 402 g/mol. The Hall–Kier alpha value is -3.31. The van der Waals surface area contributed by atoms with Crippen LogP contribution in [-0.2, 0) is 35.7 Å². The highest BCUT2D eigenvalue weighted by atomic mass is 16.5. The molecular formula is C25H26N2O3. The van der Waals surface area contributed by atoms with Crippen LogP contribution in [0.25, 0.3) is 10.9 Å². The van der Waals surface area contributed by atoms with E-state index in [1.54, 1.807) is 6.26 Å². The number of fused-ring (bicyclic) bond motifs is 1. The molecular weight excluding hydrogens is 376 g/mol. The van der Waals surface area contributed by atoms with Gasteiger partial charge in [-0.2, -0.15) is 0 Å². The first-order valence-electron chi connectivity index (χ1n) is 10.3. The predicted molar refractivity (Wildman–Crippen MR) is 117 cm³/mol. The van der Waals surface area contributed by atoms with Crippen molar-refractivity contribution in [1.29, 1.82) is 0 Å². The number of hydrogen-bond donors (Lipinski definition) is 2. The second-order valence-corrected chi connectivity index (χ2v) is 7.38. The molecule has 2 aromatic heterocycles. The fourth-order valence-electron chi connectivity index (χ4n) is 3.56. The summed E-state index contributed by atoms with van der Waals surface area (Å²) in [6.07, 6.45) is 5.92. The molecule has 30 heavy (non-hydrogen) atoms. The van der Waals surface area contributed by atoms with Crippen LogP contribution in [0.2, 0.25) is 0 Å². The lowest BCUT2D eigenvalue weighted by Crippen LogP contribution is -2.22. The van der Waals surface area contributed by atoms with Gasteiger partial charge in [-0.25, -0.2) is 0 Å². The summed E-state index contributed by atoms with van der Waals surface area (Å²) >= 11 is 0. The third kappa shape index (κ3) is 5.39. The van der Waals surface area contributed by atoms with Gasteiger partial charge in [-0.05, 0) is 47.7 Å². The maximum absolute atomic E-state index is 12.2. The molecule has 0 saturated heterocycles. The van der Waals surface area contributed by atoms with Crippen LogP contribution in [0.1, 0.15) is 35.3 Å². The zero-order valence-corrected chi connectivity index (χ0v) is 16.9. The third-order valence-corrected chi connectivity index (χ3v) is 5.10. The van der Waals surface area contributed by atoms with Gasteiger partial charge < -0.3 is 19.5 Å². The number of amides is 1. The largest absolute Gasteiger partial charge is 0.467 e. The lowest BCUT2D eigenvalue weighted by atomic mass is 10.1. The molecule has 1 amide bonds. The van der Waals surface area contributed by atoms with E-state index < -0.39 is 0 Å². The molecule has 0 bridgehead atoms. The Morgan fingerprint density at radius 2 is 1.90 bits per heavy atom. The number of furan rings is 1. The van der Waals surface area contributed by atoms with Crippen molar-refractivity contribution < 1.29 is 13.9 Å². The van der Waals surface area contributed by atoms with Crippen LogP contribution in [0.3, 0.4) is 0 Å². The lowest BCUT2D eigenvalue weighted by Gasteiger charge is -2.08. The highest BCUT2D eigenvalue weighted by molar-refractivity contribution is 5.83. The van der Waals surface area contributed by atoms with Gasteiger partial charge in [-0.15, -0.1) is 0 Å². The summed E-state index contributed by atoms with van der Waals surface area (Å²) in [6.45, 7) is 1.48. The van der Waals surface area contributed by atoms with Gasteiger partial charge in [-0.3, -0.25) is 4.79 Å². The topological polar surface area (TPSA) is 67.3 Å². The zero-order valence-electron chi connectivity index (χ0n) is 16.9. The molecule has 5 nitrogen and oxygen atoms in total. The van der Waals surface area contributed by atoms with E-state index in [-0.39, 0.29) is 5.91 Å². The van der Waals surface area contributed by atoms with E-state index in [0.717, 1.165) is 35.2 Å². The van der Waals surface area contributed by atoms with E-state index in [1.165, 1.54) is 10.9 Å². The number of H-pyrrole nitrogens is 1. The Morgan fingerprint density at radius 1 is 1.00 bits per heavy atom. The smallest absolute Gasteiger partial charge is 0.220 e. The van der Waals surface area contributed by atoms with Crippen molar-refractivity contribution in [3.8, 4) is 0 Å². The molecule has 5 heteroatoms. The molecule has 0 radical (unpaired) electrons. The lowest BCUT2D eigenvalue weighted by molar-refractivity contribution is -0.121. The first-order valence-corrected chi connectivity index (χ1v) is 10.3. The SMILES string of the molecule is O=C(CCCc1c[nH]c2ccccc12)NCc1cccc(COCc2ccco2)c1. The molecule has 0 aliphatic heterocycles. The summed E-state index contributed by atoms with van der Waals surface area (Å²) in [5.41, 5.74) is 4.55. The van der Waals surface area contributed by atoms with Crippen molar-refractivity contribution in [3.05, 3.63) is 95.6 Å². The van der Waals surface area contributed by atoms with Crippen LogP contribution < -0.4 is 5.32 Å².